The number of nitrogens with zero attached hydrogens (tertiary/aromatic N) is 2. The number of benzene rings is 1. The number of carbonyl (C=O) groups is 1. The van der Waals surface area contributed by atoms with Gasteiger partial charge in [0.15, 0.2) is 0 Å². The molecule has 1 aromatic carbocycles. The SMILES string of the molecule is CC(C)(C)c1nnc(NC(=O)Cc2ccccc2)s1. The van der Waals surface area contributed by atoms with E-state index in [1.807, 2.05) is 30.3 Å². The summed E-state index contributed by atoms with van der Waals surface area (Å²) < 4.78 is 0. The van der Waals surface area contributed by atoms with Crippen LogP contribution in [0.15, 0.2) is 30.3 Å². The van der Waals surface area contributed by atoms with Gasteiger partial charge in [-0.2, -0.15) is 0 Å². The largest absolute Gasteiger partial charge is 0.300 e. The number of hydrogen-bond donors (Lipinski definition) is 1. The van der Waals surface area contributed by atoms with E-state index in [9.17, 15) is 4.79 Å². The highest BCUT2D eigenvalue weighted by Crippen LogP contribution is 2.27. The van der Waals surface area contributed by atoms with Crippen LogP contribution in [0, 0.1) is 0 Å². The Kier molecular flexibility index (Phi) is 3.95. The summed E-state index contributed by atoms with van der Waals surface area (Å²) in [6.07, 6.45) is 0.352. The summed E-state index contributed by atoms with van der Waals surface area (Å²) in [5, 5.41) is 12.4. The van der Waals surface area contributed by atoms with Crippen LogP contribution in [0.25, 0.3) is 0 Å². The van der Waals surface area contributed by atoms with Crippen molar-refractivity contribution < 1.29 is 4.79 Å². The highest BCUT2D eigenvalue weighted by molar-refractivity contribution is 7.15. The minimum atomic E-state index is -0.0668. The first-order valence-electron chi connectivity index (χ1n) is 6.13. The molecule has 5 heteroatoms. The second-order valence-corrected chi connectivity index (χ2v) is 6.35. The van der Waals surface area contributed by atoms with Crippen molar-refractivity contribution in [2.45, 2.75) is 32.6 Å². The summed E-state index contributed by atoms with van der Waals surface area (Å²) in [7, 11) is 0. The minimum absolute atomic E-state index is 0.0416. The van der Waals surface area contributed by atoms with Crippen LogP contribution in [-0.2, 0) is 16.6 Å². The normalized spacial score (nSPS) is 11.3. The number of aromatic nitrogens is 2. The highest BCUT2D eigenvalue weighted by atomic mass is 32.1. The molecule has 0 spiro atoms. The third kappa shape index (κ3) is 3.86. The zero-order valence-corrected chi connectivity index (χ0v) is 12.1. The fraction of sp³-hybridized carbons (Fsp3) is 0.357. The molecule has 0 saturated carbocycles. The summed E-state index contributed by atoms with van der Waals surface area (Å²) in [4.78, 5) is 11.9. The van der Waals surface area contributed by atoms with E-state index < -0.39 is 0 Å². The van der Waals surface area contributed by atoms with Crippen LogP contribution in [-0.4, -0.2) is 16.1 Å². The number of carbonyl (C=O) groups excluding carboxylic acids is 1. The van der Waals surface area contributed by atoms with Gasteiger partial charge >= 0.3 is 0 Å². The van der Waals surface area contributed by atoms with Crippen molar-refractivity contribution in [3.05, 3.63) is 40.9 Å². The lowest BCUT2D eigenvalue weighted by atomic mass is 9.98. The molecule has 19 heavy (non-hydrogen) atoms. The fourth-order valence-electron chi connectivity index (χ4n) is 1.52. The summed E-state index contributed by atoms with van der Waals surface area (Å²) >= 11 is 1.42. The topological polar surface area (TPSA) is 54.9 Å². The number of nitrogens with one attached hydrogen (secondary N) is 1. The molecular weight excluding hydrogens is 258 g/mol. The van der Waals surface area contributed by atoms with Crippen molar-refractivity contribution in [3.63, 3.8) is 0 Å². The van der Waals surface area contributed by atoms with E-state index in [1.54, 1.807) is 0 Å². The standard InChI is InChI=1S/C14H17N3OS/c1-14(2,3)12-16-17-13(19-12)15-11(18)9-10-7-5-4-6-8-10/h4-8H,9H2,1-3H3,(H,15,17,18). The van der Waals surface area contributed by atoms with E-state index in [-0.39, 0.29) is 11.3 Å². The van der Waals surface area contributed by atoms with Crippen LogP contribution in [0.3, 0.4) is 0 Å². The van der Waals surface area contributed by atoms with Crippen molar-refractivity contribution >= 4 is 22.4 Å². The molecule has 100 valence electrons. The van der Waals surface area contributed by atoms with Crippen molar-refractivity contribution in [3.8, 4) is 0 Å². The molecule has 0 bridgehead atoms. The van der Waals surface area contributed by atoms with Gasteiger partial charge in [0.25, 0.3) is 0 Å². The smallest absolute Gasteiger partial charge is 0.230 e. The van der Waals surface area contributed by atoms with Crippen LogP contribution in [0.5, 0.6) is 0 Å². The van der Waals surface area contributed by atoms with Gasteiger partial charge in [-0.3, -0.25) is 4.79 Å². The number of rotatable bonds is 3. The predicted octanol–water partition coefficient (Wildman–Crippen LogP) is 3.02. The van der Waals surface area contributed by atoms with E-state index in [0.29, 0.717) is 11.6 Å². The summed E-state index contributed by atoms with van der Waals surface area (Å²) in [5.41, 5.74) is 0.945. The Morgan fingerprint density at radius 2 is 1.89 bits per heavy atom. The number of anilines is 1. The molecule has 4 nitrogen and oxygen atoms in total. The van der Waals surface area contributed by atoms with E-state index in [0.717, 1.165) is 10.6 Å². The van der Waals surface area contributed by atoms with Crippen molar-refractivity contribution in [1.29, 1.82) is 0 Å². The van der Waals surface area contributed by atoms with Gasteiger partial charge in [-0.1, -0.05) is 62.4 Å². The van der Waals surface area contributed by atoms with Crippen LogP contribution in [0.2, 0.25) is 0 Å². The van der Waals surface area contributed by atoms with Crippen molar-refractivity contribution in [2.24, 2.45) is 0 Å². The van der Waals surface area contributed by atoms with Crippen molar-refractivity contribution in [1.82, 2.24) is 10.2 Å². The number of hydrogen-bond acceptors (Lipinski definition) is 4. The second kappa shape index (κ2) is 5.48. The highest BCUT2D eigenvalue weighted by Gasteiger charge is 2.19. The third-order valence-electron chi connectivity index (χ3n) is 2.52. The van der Waals surface area contributed by atoms with Gasteiger partial charge in [-0.25, -0.2) is 0 Å². The lowest BCUT2D eigenvalue weighted by Gasteiger charge is -2.12. The van der Waals surface area contributed by atoms with Gasteiger partial charge in [-0.15, -0.1) is 10.2 Å². The van der Waals surface area contributed by atoms with Crippen LogP contribution in [0.4, 0.5) is 5.13 Å². The van der Waals surface area contributed by atoms with Crippen LogP contribution < -0.4 is 5.32 Å². The maximum absolute atomic E-state index is 11.9. The molecular formula is C14H17N3OS. The van der Waals surface area contributed by atoms with Crippen LogP contribution in [0.1, 0.15) is 31.3 Å². The Hall–Kier alpha value is -1.75. The zero-order chi connectivity index (χ0) is 13.9. The number of amides is 1. The average molecular weight is 275 g/mol. The lowest BCUT2D eigenvalue weighted by Crippen LogP contribution is -2.14. The fourth-order valence-corrected chi connectivity index (χ4v) is 2.34. The van der Waals surface area contributed by atoms with Gasteiger partial charge in [0.1, 0.15) is 5.01 Å². The molecule has 0 fully saturated rings. The van der Waals surface area contributed by atoms with E-state index in [4.69, 9.17) is 0 Å². The summed E-state index contributed by atoms with van der Waals surface area (Å²) in [6, 6.07) is 9.64. The molecule has 1 N–H and O–H groups in total. The molecule has 1 heterocycles. The Labute approximate surface area is 116 Å². The molecule has 0 atom stereocenters. The molecule has 0 radical (unpaired) electrons. The average Bonchev–Trinajstić information content (AvgIpc) is 2.78. The second-order valence-electron chi connectivity index (χ2n) is 5.37. The molecule has 0 saturated heterocycles. The monoisotopic (exact) mass is 275 g/mol. The van der Waals surface area contributed by atoms with Gasteiger partial charge in [0, 0.05) is 5.41 Å². The first-order chi connectivity index (χ1) is 8.95. The first kappa shape index (κ1) is 13.7. The lowest BCUT2D eigenvalue weighted by molar-refractivity contribution is -0.115. The van der Waals surface area contributed by atoms with Gasteiger partial charge in [-0.05, 0) is 5.56 Å². The van der Waals surface area contributed by atoms with Gasteiger partial charge < -0.3 is 5.32 Å². The maximum Gasteiger partial charge on any atom is 0.230 e. The minimum Gasteiger partial charge on any atom is -0.300 e. The van der Waals surface area contributed by atoms with Crippen LogP contribution >= 0.6 is 11.3 Å². The Bertz CT molecular complexity index is 558. The Morgan fingerprint density at radius 3 is 2.47 bits per heavy atom. The first-order valence-corrected chi connectivity index (χ1v) is 6.94. The molecule has 2 rings (SSSR count). The van der Waals surface area contributed by atoms with E-state index >= 15 is 0 Å². The zero-order valence-electron chi connectivity index (χ0n) is 11.3. The molecule has 1 aromatic heterocycles. The molecule has 0 aliphatic heterocycles. The maximum atomic E-state index is 11.9. The quantitative estimate of drug-likeness (QED) is 0.936. The summed E-state index contributed by atoms with van der Waals surface area (Å²) in [6.45, 7) is 6.22. The van der Waals surface area contributed by atoms with Gasteiger partial charge in [0.2, 0.25) is 11.0 Å². The summed E-state index contributed by atoms with van der Waals surface area (Å²) in [5.74, 6) is -0.0668. The molecule has 0 aliphatic carbocycles. The van der Waals surface area contributed by atoms with Crippen molar-refractivity contribution in [2.75, 3.05) is 5.32 Å². The molecule has 0 aliphatic rings. The van der Waals surface area contributed by atoms with Gasteiger partial charge in [0.05, 0.1) is 6.42 Å². The third-order valence-corrected chi connectivity index (χ3v) is 3.78. The molecule has 1 amide bonds. The molecule has 0 unspecified atom stereocenters. The molecule has 2 aromatic rings. The Balaban J connectivity index is 1.98. The predicted molar refractivity (Wildman–Crippen MR) is 77.4 cm³/mol. The Morgan fingerprint density at radius 1 is 1.21 bits per heavy atom. The van der Waals surface area contributed by atoms with E-state index in [2.05, 4.69) is 36.3 Å². The van der Waals surface area contributed by atoms with E-state index in [1.165, 1.54) is 11.3 Å².